The maximum Gasteiger partial charge on any atom is 0.259 e. The Morgan fingerprint density at radius 1 is 1.06 bits per heavy atom. The first-order valence-corrected chi connectivity index (χ1v) is 10.5. The first kappa shape index (κ1) is 18.2. The number of nitrogens with one attached hydrogen (secondary N) is 1. The minimum absolute atomic E-state index is 0.105. The van der Waals surface area contributed by atoms with Crippen LogP contribution in [0.1, 0.15) is 28.8 Å². The van der Waals surface area contributed by atoms with Gasteiger partial charge in [-0.05, 0) is 48.9 Å². The van der Waals surface area contributed by atoms with E-state index in [2.05, 4.69) is 9.72 Å². The number of imide groups is 1. The van der Waals surface area contributed by atoms with Crippen LogP contribution in [0.2, 0.25) is 0 Å². The van der Waals surface area contributed by atoms with E-state index < -0.39 is 11.8 Å². The van der Waals surface area contributed by atoms with Gasteiger partial charge >= 0.3 is 0 Å². The maximum atomic E-state index is 13.1. The van der Waals surface area contributed by atoms with Gasteiger partial charge in [0.2, 0.25) is 0 Å². The monoisotopic (exact) mass is 412 g/mol. The second kappa shape index (κ2) is 6.68. The van der Waals surface area contributed by atoms with Gasteiger partial charge in [0.1, 0.15) is 5.58 Å². The molecule has 31 heavy (non-hydrogen) atoms. The fourth-order valence-electron chi connectivity index (χ4n) is 5.12. The van der Waals surface area contributed by atoms with Gasteiger partial charge in [-0.2, -0.15) is 0 Å². The number of amides is 2. The summed E-state index contributed by atoms with van der Waals surface area (Å²) in [6, 6.07) is 13.3. The Hall–Kier alpha value is -3.64. The summed E-state index contributed by atoms with van der Waals surface area (Å²) in [5, 5.41) is 13.2. The molecule has 6 nitrogen and oxygen atoms in total. The second-order valence-corrected chi connectivity index (χ2v) is 8.23. The van der Waals surface area contributed by atoms with Crippen LogP contribution in [0.15, 0.2) is 59.3 Å². The minimum Gasteiger partial charge on any atom is -0.464 e. The SMILES string of the molecule is O=C1NC(=O)C(c2c3c(n4ccccc24)CCC(CO)C3)=C1c1cccc2ccoc12. The normalized spacial score (nSPS) is 18.8. The topological polar surface area (TPSA) is 84.0 Å². The lowest BCUT2D eigenvalue weighted by molar-refractivity contribution is -0.122. The van der Waals surface area contributed by atoms with Crippen molar-refractivity contribution in [1.82, 2.24) is 9.72 Å². The highest BCUT2D eigenvalue weighted by Crippen LogP contribution is 2.42. The molecular formula is C25H20N2O4. The number of aromatic nitrogens is 1. The molecule has 2 amide bonds. The lowest BCUT2D eigenvalue weighted by Crippen LogP contribution is -2.23. The van der Waals surface area contributed by atoms with Gasteiger partial charge in [0, 0.05) is 35.0 Å². The van der Waals surface area contributed by atoms with Gasteiger partial charge in [-0.15, -0.1) is 0 Å². The van der Waals surface area contributed by atoms with Crippen LogP contribution in [-0.2, 0) is 22.4 Å². The first-order valence-electron chi connectivity index (χ1n) is 10.5. The third-order valence-corrected chi connectivity index (χ3v) is 6.53. The minimum atomic E-state index is -0.414. The van der Waals surface area contributed by atoms with Crippen LogP contribution < -0.4 is 5.32 Å². The van der Waals surface area contributed by atoms with E-state index in [0.29, 0.717) is 28.7 Å². The van der Waals surface area contributed by atoms with Crippen LogP contribution in [0.4, 0.5) is 0 Å². The Morgan fingerprint density at radius 2 is 1.94 bits per heavy atom. The molecular weight excluding hydrogens is 392 g/mol. The Bertz CT molecular complexity index is 1420. The highest BCUT2D eigenvalue weighted by Gasteiger charge is 2.38. The molecule has 0 radical (unpaired) electrons. The molecule has 3 aromatic heterocycles. The molecule has 4 heterocycles. The van der Waals surface area contributed by atoms with Crippen molar-refractivity contribution in [2.75, 3.05) is 6.61 Å². The highest BCUT2D eigenvalue weighted by atomic mass is 16.3. The molecule has 1 unspecified atom stereocenters. The number of para-hydroxylation sites is 1. The fraction of sp³-hybridized carbons (Fsp3) is 0.200. The number of benzene rings is 1. The molecule has 1 aromatic carbocycles. The Kier molecular flexibility index (Phi) is 3.91. The third kappa shape index (κ3) is 2.55. The number of pyridine rings is 1. The van der Waals surface area contributed by atoms with Gasteiger partial charge in [0.25, 0.3) is 11.8 Å². The molecule has 0 fully saturated rings. The number of aliphatic hydroxyl groups is 1. The lowest BCUT2D eigenvalue weighted by Gasteiger charge is -2.21. The quantitative estimate of drug-likeness (QED) is 0.506. The number of hydrogen-bond acceptors (Lipinski definition) is 4. The first-order chi connectivity index (χ1) is 15.2. The van der Waals surface area contributed by atoms with Crippen LogP contribution in [0.5, 0.6) is 0 Å². The largest absolute Gasteiger partial charge is 0.464 e. The summed E-state index contributed by atoms with van der Waals surface area (Å²) >= 11 is 0. The molecule has 0 saturated carbocycles. The van der Waals surface area contributed by atoms with E-state index in [1.807, 2.05) is 48.7 Å². The van der Waals surface area contributed by atoms with Crippen LogP contribution in [0.3, 0.4) is 0 Å². The van der Waals surface area contributed by atoms with E-state index in [-0.39, 0.29) is 12.5 Å². The van der Waals surface area contributed by atoms with Gasteiger partial charge in [0.15, 0.2) is 0 Å². The molecule has 0 saturated heterocycles. The number of nitrogens with zero attached hydrogens (tertiary/aromatic N) is 1. The number of fused-ring (bicyclic) bond motifs is 4. The number of carbonyl (C=O) groups is 2. The van der Waals surface area contributed by atoms with Gasteiger partial charge in [-0.1, -0.05) is 24.3 Å². The van der Waals surface area contributed by atoms with Gasteiger partial charge in [0.05, 0.1) is 22.9 Å². The lowest BCUT2D eigenvalue weighted by atomic mass is 9.83. The summed E-state index contributed by atoms with van der Waals surface area (Å²) in [6.45, 7) is 0.105. The standard InChI is InChI=1S/C25H20N2O4/c28-13-14-7-8-18-17(12-14)20(19-6-1-2-10-27(18)19)22-21(24(29)26-25(22)30)16-5-3-4-15-9-11-31-23(15)16/h1-6,9-11,14,28H,7-8,12-13H2,(H,26,29,30). The predicted molar refractivity (Wildman–Crippen MR) is 116 cm³/mol. The molecule has 2 aliphatic rings. The molecule has 6 rings (SSSR count). The van der Waals surface area contributed by atoms with Crippen molar-refractivity contribution >= 4 is 39.4 Å². The number of hydrogen-bond donors (Lipinski definition) is 2. The number of aliphatic hydroxyl groups excluding tert-OH is 1. The number of carbonyl (C=O) groups excluding carboxylic acids is 2. The van der Waals surface area contributed by atoms with E-state index >= 15 is 0 Å². The van der Waals surface area contributed by atoms with E-state index in [1.54, 1.807) is 6.26 Å². The maximum absolute atomic E-state index is 13.1. The zero-order valence-corrected chi connectivity index (χ0v) is 16.7. The summed E-state index contributed by atoms with van der Waals surface area (Å²) < 4.78 is 7.80. The summed E-state index contributed by atoms with van der Waals surface area (Å²) in [5.41, 5.74) is 5.80. The number of rotatable bonds is 3. The molecule has 0 bridgehead atoms. The van der Waals surface area contributed by atoms with Gasteiger partial charge < -0.3 is 13.9 Å². The average molecular weight is 412 g/mol. The molecule has 1 aliphatic heterocycles. The van der Waals surface area contributed by atoms with E-state index in [4.69, 9.17) is 4.42 Å². The van der Waals surface area contributed by atoms with Crippen molar-refractivity contribution in [2.24, 2.45) is 5.92 Å². The van der Waals surface area contributed by atoms with E-state index in [9.17, 15) is 14.7 Å². The number of aryl methyl sites for hydroxylation is 1. The smallest absolute Gasteiger partial charge is 0.259 e. The Morgan fingerprint density at radius 3 is 2.81 bits per heavy atom. The molecule has 4 aromatic rings. The average Bonchev–Trinajstić information content (AvgIpc) is 3.47. The van der Waals surface area contributed by atoms with Crippen molar-refractivity contribution in [1.29, 1.82) is 0 Å². The van der Waals surface area contributed by atoms with Crippen molar-refractivity contribution in [2.45, 2.75) is 19.3 Å². The fourth-order valence-corrected chi connectivity index (χ4v) is 5.12. The molecule has 2 N–H and O–H groups in total. The molecule has 154 valence electrons. The predicted octanol–water partition coefficient (Wildman–Crippen LogP) is 3.35. The summed E-state index contributed by atoms with van der Waals surface area (Å²) in [5.74, 6) is -0.669. The Balaban J connectivity index is 1.71. The van der Waals surface area contributed by atoms with Crippen LogP contribution in [0, 0.1) is 5.92 Å². The van der Waals surface area contributed by atoms with Crippen LogP contribution in [-0.4, -0.2) is 27.9 Å². The van der Waals surface area contributed by atoms with Gasteiger partial charge in [-0.3, -0.25) is 14.9 Å². The molecule has 1 aliphatic carbocycles. The van der Waals surface area contributed by atoms with Crippen molar-refractivity contribution < 1.29 is 19.1 Å². The summed E-state index contributed by atoms with van der Waals surface area (Å²) in [7, 11) is 0. The van der Waals surface area contributed by atoms with E-state index in [0.717, 1.165) is 40.6 Å². The zero-order valence-electron chi connectivity index (χ0n) is 16.7. The molecule has 1 atom stereocenters. The third-order valence-electron chi connectivity index (χ3n) is 6.53. The van der Waals surface area contributed by atoms with Crippen molar-refractivity contribution in [3.63, 3.8) is 0 Å². The number of furan rings is 1. The van der Waals surface area contributed by atoms with Gasteiger partial charge in [-0.25, -0.2) is 0 Å². The van der Waals surface area contributed by atoms with Crippen molar-refractivity contribution in [3.05, 3.63) is 77.3 Å². The summed E-state index contributed by atoms with van der Waals surface area (Å²) in [6.07, 6.45) is 5.97. The Labute approximate surface area is 177 Å². The molecule has 6 heteroatoms. The van der Waals surface area contributed by atoms with Crippen LogP contribution >= 0.6 is 0 Å². The highest BCUT2D eigenvalue weighted by molar-refractivity contribution is 6.50. The van der Waals surface area contributed by atoms with Crippen LogP contribution in [0.25, 0.3) is 27.6 Å². The zero-order chi connectivity index (χ0) is 21.1. The van der Waals surface area contributed by atoms with Crippen molar-refractivity contribution in [3.8, 4) is 0 Å². The molecule has 0 spiro atoms. The van der Waals surface area contributed by atoms with E-state index in [1.165, 1.54) is 0 Å². The second-order valence-electron chi connectivity index (χ2n) is 8.23. The summed E-state index contributed by atoms with van der Waals surface area (Å²) in [4.78, 5) is 26.1.